The third-order valence-electron chi connectivity index (χ3n) is 11.6. The highest BCUT2D eigenvalue weighted by atomic mass is 16.6. The van der Waals surface area contributed by atoms with Gasteiger partial charge in [-0.15, -0.1) is 0 Å². The zero-order chi connectivity index (χ0) is 45.1. The molecule has 0 spiro atoms. The molecular weight excluding hydrogens is 769 g/mol. The van der Waals surface area contributed by atoms with Crippen molar-refractivity contribution >= 4 is 17.9 Å². The van der Waals surface area contributed by atoms with Crippen LogP contribution in [0, 0.1) is 0 Å². The van der Waals surface area contributed by atoms with Gasteiger partial charge in [-0.2, -0.15) is 0 Å². The lowest BCUT2D eigenvalue weighted by atomic mass is 10.0. The first-order valence-corrected chi connectivity index (χ1v) is 26.7. The SMILES string of the molecule is CC\C=C/C=C\C=C/CCCCCCCC(=O)OC(COC(=O)CCCCCCC/C=C\CCCCCCCCCCC)COC(=O)CCCCCCCCCCCCCCC. The van der Waals surface area contributed by atoms with E-state index in [9.17, 15) is 14.4 Å². The van der Waals surface area contributed by atoms with Crippen LogP contribution in [0.3, 0.4) is 0 Å². The Morgan fingerprint density at radius 1 is 0.339 bits per heavy atom. The Labute approximate surface area is 384 Å². The predicted octanol–water partition coefficient (Wildman–Crippen LogP) is 17.5. The standard InChI is InChI=1S/C56H100O6/c1-4-7-10-13-16-19-22-25-26-27-28-29-32-34-37-40-43-46-49-55(58)61-52-53(62-56(59)50-47-44-41-38-35-31-24-21-18-15-12-9-6-3)51-60-54(57)48-45-42-39-36-33-30-23-20-17-14-11-8-5-2/h9,12,15,18,21,24,28-29,53H,4-8,10-11,13-14,16-17,19-20,22-23,25-27,30-52H2,1-3H3/b12-9-,18-15-,24-21-,29-28-. The van der Waals surface area contributed by atoms with E-state index in [1.54, 1.807) is 0 Å². The Morgan fingerprint density at radius 3 is 1.02 bits per heavy atom. The van der Waals surface area contributed by atoms with Gasteiger partial charge in [0.15, 0.2) is 6.10 Å². The van der Waals surface area contributed by atoms with Gasteiger partial charge >= 0.3 is 17.9 Å². The summed E-state index contributed by atoms with van der Waals surface area (Å²) in [4.78, 5) is 38.0. The summed E-state index contributed by atoms with van der Waals surface area (Å²) in [6.45, 7) is 6.50. The highest BCUT2D eigenvalue weighted by Gasteiger charge is 2.19. The molecule has 0 saturated carbocycles. The molecule has 0 aromatic heterocycles. The minimum Gasteiger partial charge on any atom is -0.462 e. The second-order valence-electron chi connectivity index (χ2n) is 17.8. The van der Waals surface area contributed by atoms with Gasteiger partial charge in [-0.1, -0.05) is 236 Å². The molecule has 0 bridgehead atoms. The van der Waals surface area contributed by atoms with Gasteiger partial charge in [-0.05, 0) is 64.2 Å². The van der Waals surface area contributed by atoms with Crippen molar-refractivity contribution in [3.63, 3.8) is 0 Å². The Hall–Kier alpha value is -2.63. The fourth-order valence-electron chi connectivity index (χ4n) is 7.61. The first-order valence-electron chi connectivity index (χ1n) is 26.7. The summed E-state index contributed by atoms with van der Waals surface area (Å²) >= 11 is 0. The van der Waals surface area contributed by atoms with Crippen LogP contribution < -0.4 is 0 Å². The van der Waals surface area contributed by atoms with E-state index in [4.69, 9.17) is 14.2 Å². The van der Waals surface area contributed by atoms with E-state index < -0.39 is 6.10 Å². The summed E-state index contributed by atoms with van der Waals surface area (Å²) in [6, 6.07) is 0. The van der Waals surface area contributed by atoms with Crippen molar-refractivity contribution in [2.24, 2.45) is 0 Å². The Kier molecular flexibility index (Phi) is 48.8. The molecule has 0 N–H and O–H groups in total. The van der Waals surface area contributed by atoms with Crippen molar-refractivity contribution in [1.29, 1.82) is 0 Å². The summed E-state index contributed by atoms with van der Waals surface area (Å²) in [6.07, 6.45) is 61.0. The maximum Gasteiger partial charge on any atom is 0.306 e. The lowest BCUT2D eigenvalue weighted by molar-refractivity contribution is -0.167. The average Bonchev–Trinajstić information content (AvgIpc) is 3.27. The minimum absolute atomic E-state index is 0.0818. The molecule has 0 aromatic rings. The van der Waals surface area contributed by atoms with Crippen molar-refractivity contribution in [1.82, 2.24) is 0 Å². The van der Waals surface area contributed by atoms with Crippen molar-refractivity contribution in [3.05, 3.63) is 48.6 Å². The molecule has 0 rings (SSSR count). The number of carbonyl (C=O) groups excluding carboxylic acids is 3. The molecule has 6 nitrogen and oxygen atoms in total. The van der Waals surface area contributed by atoms with Crippen LogP contribution in [0.1, 0.15) is 271 Å². The fourth-order valence-corrected chi connectivity index (χ4v) is 7.61. The zero-order valence-corrected chi connectivity index (χ0v) is 41.1. The van der Waals surface area contributed by atoms with Gasteiger partial charge in [0.1, 0.15) is 13.2 Å². The van der Waals surface area contributed by atoms with Gasteiger partial charge in [0, 0.05) is 19.3 Å². The molecule has 0 aliphatic heterocycles. The quantitative estimate of drug-likeness (QED) is 0.0199. The first-order chi connectivity index (χ1) is 30.5. The lowest BCUT2D eigenvalue weighted by Crippen LogP contribution is -2.30. The van der Waals surface area contributed by atoms with E-state index in [0.717, 1.165) is 89.9 Å². The van der Waals surface area contributed by atoms with Crippen molar-refractivity contribution in [3.8, 4) is 0 Å². The van der Waals surface area contributed by atoms with Gasteiger partial charge in [0.25, 0.3) is 0 Å². The number of ether oxygens (including phenoxy) is 3. The summed E-state index contributed by atoms with van der Waals surface area (Å²) in [5.74, 6) is -0.902. The first kappa shape index (κ1) is 59.4. The highest BCUT2D eigenvalue weighted by molar-refractivity contribution is 5.71. The molecule has 0 heterocycles. The molecule has 0 radical (unpaired) electrons. The van der Waals surface area contributed by atoms with Gasteiger partial charge in [0.2, 0.25) is 0 Å². The maximum atomic E-state index is 12.8. The molecule has 0 aliphatic rings. The van der Waals surface area contributed by atoms with Crippen LogP contribution in [0.2, 0.25) is 0 Å². The molecule has 0 saturated heterocycles. The minimum atomic E-state index is -0.784. The van der Waals surface area contributed by atoms with Crippen LogP contribution in [0.15, 0.2) is 48.6 Å². The molecular formula is C56H100O6. The number of hydrogen-bond acceptors (Lipinski definition) is 6. The van der Waals surface area contributed by atoms with E-state index in [1.165, 1.54) is 141 Å². The smallest absolute Gasteiger partial charge is 0.306 e. The van der Waals surface area contributed by atoms with E-state index in [2.05, 4.69) is 69.4 Å². The number of esters is 3. The second kappa shape index (κ2) is 51.0. The van der Waals surface area contributed by atoms with Crippen LogP contribution in [-0.2, 0) is 28.6 Å². The second-order valence-corrected chi connectivity index (χ2v) is 17.8. The van der Waals surface area contributed by atoms with Gasteiger partial charge in [-0.25, -0.2) is 0 Å². The van der Waals surface area contributed by atoms with Crippen LogP contribution in [0.5, 0.6) is 0 Å². The molecule has 62 heavy (non-hydrogen) atoms. The number of allylic oxidation sites excluding steroid dienone is 8. The molecule has 0 fully saturated rings. The van der Waals surface area contributed by atoms with E-state index in [-0.39, 0.29) is 31.1 Å². The van der Waals surface area contributed by atoms with Crippen LogP contribution in [0.4, 0.5) is 0 Å². The van der Waals surface area contributed by atoms with Crippen LogP contribution >= 0.6 is 0 Å². The molecule has 1 unspecified atom stereocenters. The molecule has 1 atom stereocenters. The van der Waals surface area contributed by atoms with E-state index in [1.807, 2.05) is 0 Å². The molecule has 0 aliphatic carbocycles. The van der Waals surface area contributed by atoms with Gasteiger partial charge < -0.3 is 14.2 Å². The number of rotatable bonds is 48. The average molecular weight is 869 g/mol. The highest BCUT2D eigenvalue weighted by Crippen LogP contribution is 2.15. The van der Waals surface area contributed by atoms with Gasteiger partial charge in [0.05, 0.1) is 0 Å². The Bertz CT molecular complexity index is 1090. The number of carbonyl (C=O) groups is 3. The van der Waals surface area contributed by atoms with Crippen molar-refractivity contribution < 1.29 is 28.6 Å². The Balaban J connectivity index is 4.36. The van der Waals surface area contributed by atoms with E-state index >= 15 is 0 Å². The summed E-state index contributed by atoms with van der Waals surface area (Å²) < 4.78 is 16.8. The predicted molar refractivity (Wildman–Crippen MR) is 265 cm³/mol. The zero-order valence-electron chi connectivity index (χ0n) is 41.1. The summed E-state index contributed by atoms with van der Waals surface area (Å²) in [5, 5.41) is 0. The van der Waals surface area contributed by atoms with Crippen molar-refractivity contribution in [2.45, 2.75) is 277 Å². The topological polar surface area (TPSA) is 78.9 Å². The largest absolute Gasteiger partial charge is 0.462 e. The molecule has 6 heteroatoms. The maximum absolute atomic E-state index is 12.8. The van der Waals surface area contributed by atoms with Gasteiger partial charge in [-0.3, -0.25) is 14.4 Å². The molecule has 0 amide bonds. The van der Waals surface area contributed by atoms with Crippen LogP contribution in [-0.4, -0.2) is 37.2 Å². The third-order valence-corrected chi connectivity index (χ3v) is 11.6. The fraction of sp³-hybridized carbons (Fsp3) is 0.804. The van der Waals surface area contributed by atoms with Crippen molar-refractivity contribution in [2.75, 3.05) is 13.2 Å². The van der Waals surface area contributed by atoms with Crippen LogP contribution in [0.25, 0.3) is 0 Å². The third kappa shape index (κ3) is 48.4. The van der Waals surface area contributed by atoms with E-state index in [0.29, 0.717) is 19.3 Å². The number of unbranched alkanes of at least 4 members (excludes halogenated alkanes) is 31. The lowest BCUT2D eigenvalue weighted by Gasteiger charge is -2.18. The normalized spacial score (nSPS) is 12.4. The number of hydrogen-bond donors (Lipinski definition) is 0. The Morgan fingerprint density at radius 2 is 0.645 bits per heavy atom. The molecule has 360 valence electrons. The monoisotopic (exact) mass is 869 g/mol. The summed E-state index contributed by atoms with van der Waals surface area (Å²) in [7, 11) is 0. The summed E-state index contributed by atoms with van der Waals surface area (Å²) in [5.41, 5.74) is 0. The molecule has 0 aromatic carbocycles.